The van der Waals surface area contributed by atoms with Gasteiger partial charge in [0.25, 0.3) is 5.56 Å². The predicted molar refractivity (Wildman–Crippen MR) is 129 cm³/mol. The number of ether oxygens (including phenoxy) is 1. The monoisotopic (exact) mass is 445 g/mol. The molecule has 0 unspecified atom stereocenters. The number of aryl methyl sites for hydroxylation is 4. The highest BCUT2D eigenvalue weighted by Crippen LogP contribution is 2.31. The van der Waals surface area contributed by atoms with Gasteiger partial charge < -0.3 is 14.2 Å². The summed E-state index contributed by atoms with van der Waals surface area (Å²) in [6, 6.07) is 13.9. The molecule has 0 radical (unpaired) electrons. The van der Waals surface area contributed by atoms with E-state index in [1.165, 1.54) is 9.13 Å². The van der Waals surface area contributed by atoms with Crippen LogP contribution in [0.15, 0.2) is 52.1 Å². The maximum atomic E-state index is 13.6. The number of benzene rings is 2. The van der Waals surface area contributed by atoms with E-state index in [0.29, 0.717) is 23.7 Å². The van der Waals surface area contributed by atoms with E-state index in [9.17, 15) is 9.59 Å². The number of imidazole rings is 1. The molecule has 5 rings (SSSR count). The van der Waals surface area contributed by atoms with Crippen LogP contribution in [0, 0.1) is 13.8 Å². The van der Waals surface area contributed by atoms with Gasteiger partial charge in [0.15, 0.2) is 11.2 Å². The Morgan fingerprint density at radius 1 is 1.03 bits per heavy atom. The van der Waals surface area contributed by atoms with E-state index in [1.54, 1.807) is 14.2 Å². The van der Waals surface area contributed by atoms with Crippen molar-refractivity contribution in [2.24, 2.45) is 7.05 Å². The second-order valence-corrected chi connectivity index (χ2v) is 8.60. The van der Waals surface area contributed by atoms with Crippen molar-refractivity contribution in [3.8, 4) is 5.75 Å². The number of hydrogen-bond donors (Lipinski definition) is 0. The van der Waals surface area contributed by atoms with E-state index in [-0.39, 0.29) is 17.8 Å². The van der Waals surface area contributed by atoms with Gasteiger partial charge in [-0.3, -0.25) is 13.9 Å². The van der Waals surface area contributed by atoms with Crippen LogP contribution in [0.25, 0.3) is 11.2 Å². The van der Waals surface area contributed by atoms with Gasteiger partial charge >= 0.3 is 5.69 Å². The molecule has 2 aromatic heterocycles. The first-order valence-electron chi connectivity index (χ1n) is 11.1. The van der Waals surface area contributed by atoms with Crippen LogP contribution in [-0.4, -0.2) is 32.3 Å². The zero-order valence-corrected chi connectivity index (χ0v) is 19.3. The number of anilines is 2. The van der Waals surface area contributed by atoms with Crippen LogP contribution in [0.1, 0.15) is 23.1 Å². The third-order valence-corrected chi connectivity index (χ3v) is 6.43. The lowest BCUT2D eigenvalue weighted by molar-refractivity contribution is 0.415. The average Bonchev–Trinajstić information content (AvgIpc) is 3.22. The van der Waals surface area contributed by atoms with Gasteiger partial charge in [-0.15, -0.1) is 0 Å². The molecule has 4 aromatic rings. The molecule has 0 atom stereocenters. The van der Waals surface area contributed by atoms with E-state index in [0.717, 1.165) is 41.1 Å². The van der Waals surface area contributed by atoms with Crippen molar-refractivity contribution in [3.63, 3.8) is 0 Å². The molecule has 8 nitrogen and oxygen atoms in total. The lowest BCUT2D eigenvalue weighted by Gasteiger charge is -2.29. The molecule has 1 aliphatic heterocycles. The Morgan fingerprint density at radius 2 is 1.79 bits per heavy atom. The van der Waals surface area contributed by atoms with E-state index >= 15 is 0 Å². The molecule has 0 bridgehead atoms. The Kier molecular flexibility index (Phi) is 5.08. The summed E-state index contributed by atoms with van der Waals surface area (Å²) < 4.78 is 10.0. The molecule has 3 heterocycles. The molecule has 0 fully saturated rings. The predicted octanol–water partition coefficient (Wildman–Crippen LogP) is 3.11. The lowest BCUT2D eigenvalue weighted by atomic mass is 10.1. The molecular weight excluding hydrogens is 418 g/mol. The third kappa shape index (κ3) is 3.42. The van der Waals surface area contributed by atoms with Gasteiger partial charge in [-0.25, -0.2) is 4.79 Å². The number of nitrogens with zero attached hydrogens (tertiary/aromatic N) is 5. The van der Waals surface area contributed by atoms with Crippen molar-refractivity contribution in [2.75, 3.05) is 18.6 Å². The molecule has 0 N–H and O–H groups in total. The van der Waals surface area contributed by atoms with Crippen LogP contribution in [0.5, 0.6) is 5.75 Å². The van der Waals surface area contributed by atoms with Crippen molar-refractivity contribution < 1.29 is 4.74 Å². The maximum absolute atomic E-state index is 13.6. The topological polar surface area (TPSA) is 74.3 Å². The molecule has 2 aromatic carbocycles. The molecule has 8 heteroatoms. The molecule has 0 amide bonds. The second kappa shape index (κ2) is 7.95. The summed E-state index contributed by atoms with van der Waals surface area (Å²) in [4.78, 5) is 33.7. The van der Waals surface area contributed by atoms with Gasteiger partial charge in [0, 0.05) is 25.8 Å². The average molecular weight is 446 g/mol. The summed E-state index contributed by atoms with van der Waals surface area (Å²) in [5.74, 6) is 1.46. The van der Waals surface area contributed by atoms with E-state index in [4.69, 9.17) is 9.72 Å². The Morgan fingerprint density at radius 3 is 2.52 bits per heavy atom. The summed E-state index contributed by atoms with van der Waals surface area (Å²) >= 11 is 0. The fourth-order valence-electron chi connectivity index (χ4n) is 4.55. The minimum absolute atomic E-state index is 0.234. The van der Waals surface area contributed by atoms with Crippen LogP contribution in [0.2, 0.25) is 0 Å². The molecule has 0 aliphatic carbocycles. The van der Waals surface area contributed by atoms with Gasteiger partial charge in [0.05, 0.1) is 13.7 Å². The minimum atomic E-state index is -0.361. The third-order valence-electron chi connectivity index (χ3n) is 6.43. The number of fused-ring (bicyclic) bond motifs is 3. The summed E-state index contributed by atoms with van der Waals surface area (Å²) in [5.41, 5.74) is 4.30. The molecular formula is C25H27N5O3. The molecule has 33 heavy (non-hydrogen) atoms. The molecule has 0 saturated heterocycles. The molecule has 0 saturated carbocycles. The second-order valence-electron chi connectivity index (χ2n) is 8.60. The minimum Gasteiger partial charge on any atom is -0.497 e. The van der Waals surface area contributed by atoms with E-state index < -0.39 is 0 Å². The van der Waals surface area contributed by atoms with Crippen LogP contribution in [0.4, 0.5) is 11.6 Å². The smallest absolute Gasteiger partial charge is 0.332 e. The first kappa shape index (κ1) is 21.1. The summed E-state index contributed by atoms with van der Waals surface area (Å²) in [6.45, 7) is 5.69. The van der Waals surface area contributed by atoms with Crippen LogP contribution >= 0.6 is 0 Å². The molecule has 1 aliphatic rings. The molecule has 0 spiro atoms. The quantitative estimate of drug-likeness (QED) is 0.483. The van der Waals surface area contributed by atoms with Gasteiger partial charge in [0.2, 0.25) is 5.95 Å². The number of methoxy groups -OCH3 is 1. The van der Waals surface area contributed by atoms with Crippen LogP contribution in [0.3, 0.4) is 0 Å². The van der Waals surface area contributed by atoms with Crippen molar-refractivity contribution in [3.05, 3.63) is 80.0 Å². The Labute approximate surface area is 191 Å². The van der Waals surface area contributed by atoms with Crippen molar-refractivity contribution in [2.45, 2.75) is 33.4 Å². The van der Waals surface area contributed by atoms with Gasteiger partial charge in [-0.05, 0) is 55.7 Å². The van der Waals surface area contributed by atoms with Crippen molar-refractivity contribution in [1.82, 2.24) is 18.7 Å². The SMILES string of the molecule is COc1ccc(N2CCCn3c2nc2c3c(=O)n(Cc3cc(C)ccc3C)c(=O)n2C)cc1. The highest BCUT2D eigenvalue weighted by Gasteiger charge is 2.27. The van der Waals surface area contributed by atoms with E-state index in [1.807, 2.05) is 60.9 Å². The summed E-state index contributed by atoms with van der Waals surface area (Å²) in [7, 11) is 3.32. The Balaban J connectivity index is 1.67. The largest absolute Gasteiger partial charge is 0.497 e. The Hall–Kier alpha value is -3.81. The van der Waals surface area contributed by atoms with Gasteiger partial charge in [-0.1, -0.05) is 23.8 Å². The zero-order chi connectivity index (χ0) is 23.3. The summed E-state index contributed by atoms with van der Waals surface area (Å²) in [6.07, 6.45) is 0.865. The maximum Gasteiger partial charge on any atom is 0.332 e. The van der Waals surface area contributed by atoms with Crippen molar-refractivity contribution in [1.29, 1.82) is 0 Å². The van der Waals surface area contributed by atoms with Gasteiger partial charge in [-0.2, -0.15) is 4.98 Å². The number of hydrogen-bond acceptors (Lipinski definition) is 5. The first-order chi connectivity index (χ1) is 15.9. The standard InChI is InChI=1S/C25H27N5O3/c1-16-6-7-17(2)18(14-16)15-30-23(31)21-22(27(3)25(30)32)26-24-28(12-5-13-29(21)24)19-8-10-20(33-4)11-9-19/h6-11,14H,5,12-13,15H2,1-4H3. The lowest BCUT2D eigenvalue weighted by Crippen LogP contribution is -2.40. The zero-order valence-electron chi connectivity index (χ0n) is 19.3. The highest BCUT2D eigenvalue weighted by atomic mass is 16.5. The summed E-state index contributed by atoms with van der Waals surface area (Å²) in [5, 5.41) is 0. The normalized spacial score (nSPS) is 13.4. The highest BCUT2D eigenvalue weighted by molar-refractivity contribution is 5.77. The fourth-order valence-corrected chi connectivity index (χ4v) is 4.55. The van der Waals surface area contributed by atoms with E-state index in [2.05, 4.69) is 4.90 Å². The Bertz CT molecular complexity index is 1480. The van der Waals surface area contributed by atoms with Crippen LogP contribution in [-0.2, 0) is 20.1 Å². The van der Waals surface area contributed by atoms with Crippen molar-refractivity contribution >= 4 is 22.8 Å². The molecule has 170 valence electrons. The number of aromatic nitrogens is 4. The van der Waals surface area contributed by atoms with Crippen LogP contribution < -0.4 is 20.9 Å². The fraction of sp³-hybridized carbons (Fsp3) is 0.320. The number of rotatable bonds is 4. The first-order valence-corrected chi connectivity index (χ1v) is 11.1. The van der Waals surface area contributed by atoms with Gasteiger partial charge in [0.1, 0.15) is 5.75 Å².